The molecule has 154 valence electrons. The predicted molar refractivity (Wildman–Crippen MR) is 102 cm³/mol. The summed E-state index contributed by atoms with van der Waals surface area (Å²) in [6, 6.07) is 10.2. The first-order chi connectivity index (χ1) is 13.8. The number of ether oxygens (including phenoxy) is 4. The summed E-state index contributed by atoms with van der Waals surface area (Å²) in [5, 5.41) is 0. The summed E-state index contributed by atoms with van der Waals surface area (Å²) in [4.78, 5) is 24.3. The number of halogens is 2. The van der Waals surface area contributed by atoms with Crippen LogP contribution >= 0.6 is 0 Å². The lowest BCUT2D eigenvalue weighted by Crippen LogP contribution is -2.23. The second-order valence-corrected chi connectivity index (χ2v) is 5.79. The SMILES string of the molecule is COc1ccc(/C=C/C(=O)O[C@@H](C)C(=O)c2ccc(OC(F)F)cc2)cc1OC. The third-order valence-electron chi connectivity index (χ3n) is 3.85. The van der Waals surface area contributed by atoms with E-state index in [0.29, 0.717) is 17.1 Å². The van der Waals surface area contributed by atoms with Gasteiger partial charge in [-0.1, -0.05) is 6.07 Å². The summed E-state index contributed by atoms with van der Waals surface area (Å²) in [7, 11) is 3.02. The summed E-state index contributed by atoms with van der Waals surface area (Å²) >= 11 is 0. The van der Waals surface area contributed by atoms with Gasteiger partial charge in [0, 0.05) is 11.6 Å². The van der Waals surface area contributed by atoms with Crippen molar-refractivity contribution >= 4 is 17.8 Å². The number of benzene rings is 2. The van der Waals surface area contributed by atoms with Gasteiger partial charge in [0.05, 0.1) is 14.2 Å². The van der Waals surface area contributed by atoms with Gasteiger partial charge in [-0.2, -0.15) is 8.78 Å². The van der Waals surface area contributed by atoms with Gasteiger partial charge in [-0.15, -0.1) is 0 Å². The summed E-state index contributed by atoms with van der Waals surface area (Å²) in [6.07, 6.45) is 1.64. The molecule has 1 atom stereocenters. The number of hydrogen-bond acceptors (Lipinski definition) is 6. The molecule has 0 heterocycles. The van der Waals surface area contributed by atoms with Crippen LogP contribution in [0, 0.1) is 0 Å². The molecule has 0 bridgehead atoms. The minimum atomic E-state index is -2.95. The zero-order chi connectivity index (χ0) is 21.4. The van der Waals surface area contributed by atoms with Crippen molar-refractivity contribution < 1.29 is 37.3 Å². The molecular formula is C21H20F2O6. The highest BCUT2D eigenvalue weighted by atomic mass is 19.3. The zero-order valence-electron chi connectivity index (χ0n) is 16.1. The number of carbonyl (C=O) groups is 2. The Balaban J connectivity index is 1.97. The number of methoxy groups -OCH3 is 2. The molecular weight excluding hydrogens is 386 g/mol. The van der Waals surface area contributed by atoms with Gasteiger partial charge in [0.25, 0.3) is 0 Å². The van der Waals surface area contributed by atoms with Crippen LogP contribution in [-0.2, 0) is 9.53 Å². The monoisotopic (exact) mass is 406 g/mol. The van der Waals surface area contributed by atoms with Gasteiger partial charge in [-0.25, -0.2) is 4.79 Å². The molecule has 0 amide bonds. The van der Waals surface area contributed by atoms with Gasteiger partial charge in [0.2, 0.25) is 5.78 Å². The molecule has 8 heteroatoms. The Kier molecular flexibility index (Phi) is 7.70. The molecule has 29 heavy (non-hydrogen) atoms. The molecule has 0 saturated heterocycles. The molecule has 0 aliphatic heterocycles. The minimum absolute atomic E-state index is 0.0703. The van der Waals surface area contributed by atoms with E-state index in [1.54, 1.807) is 18.2 Å². The van der Waals surface area contributed by atoms with Crippen molar-refractivity contribution in [3.05, 3.63) is 59.7 Å². The van der Waals surface area contributed by atoms with Crippen LogP contribution < -0.4 is 14.2 Å². The number of rotatable bonds is 9. The van der Waals surface area contributed by atoms with E-state index in [1.165, 1.54) is 57.6 Å². The van der Waals surface area contributed by atoms with Crippen LogP contribution in [0.15, 0.2) is 48.5 Å². The third-order valence-corrected chi connectivity index (χ3v) is 3.85. The highest BCUT2D eigenvalue weighted by Crippen LogP contribution is 2.28. The predicted octanol–water partition coefficient (Wildman–Crippen LogP) is 4.13. The van der Waals surface area contributed by atoms with E-state index in [2.05, 4.69) is 4.74 Å². The van der Waals surface area contributed by atoms with Crippen LogP contribution in [-0.4, -0.2) is 38.7 Å². The molecule has 2 aromatic carbocycles. The lowest BCUT2D eigenvalue weighted by atomic mass is 10.1. The maximum atomic E-state index is 12.3. The molecule has 0 unspecified atom stereocenters. The number of esters is 1. The van der Waals surface area contributed by atoms with E-state index in [9.17, 15) is 18.4 Å². The standard InChI is InChI=1S/C21H20F2O6/c1-13(20(25)15-6-8-16(9-7-15)29-21(22)23)28-19(24)11-5-14-4-10-17(26-2)18(12-14)27-3/h4-13,21H,1-3H3/b11-5+/t13-/m0/s1. The fourth-order valence-corrected chi connectivity index (χ4v) is 2.42. The highest BCUT2D eigenvalue weighted by molar-refractivity contribution is 6.01. The number of carbonyl (C=O) groups excluding carboxylic acids is 2. The van der Waals surface area contributed by atoms with E-state index in [-0.39, 0.29) is 11.3 Å². The maximum absolute atomic E-state index is 12.3. The van der Waals surface area contributed by atoms with Crippen LogP contribution in [0.25, 0.3) is 6.08 Å². The molecule has 2 rings (SSSR count). The second-order valence-electron chi connectivity index (χ2n) is 5.79. The van der Waals surface area contributed by atoms with E-state index in [1.807, 2.05) is 0 Å². The van der Waals surface area contributed by atoms with Crippen LogP contribution in [0.2, 0.25) is 0 Å². The number of alkyl halides is 2. The van der Waals surface area contributed by atoms with Gasteiger partial charge >= 0.3 is 12.6 Å². The number of hydrogen-bond donors (Lipinski definition) is 0. The second kappa shape index (κ2) is 10.2. The highest BCUT2D eigenvalue weighted by Gasteiger charge is 2.19. The van der Waals surface area contributed by atoms with Crippen LogP contribution in [0.5, 0.6) is 17.2 Å². The number of ketones is 1. The average molecular weight is 406 g/mol. The van der Waals surface area contributed by atoms with Crippen LogP contribution in [0.3, 0.4) is 0 Å². The molecule has 0 aromatic heterocycles. The Labute approximate surface area is 166 Å². The molecule has 0 aliphatic carbocycles. The summed E-state index contributed by atoms with van der Waals surface area (Å²) in [6.45, 7) is -1.53. The summed E-state index contributed by atoms with van der Waals surface area (Å²) in [5.74, 6) is -0.193. The fraction of sp³-hybridized carbons (Fsp3) is 0.238. The van der Waals surface area contributed by atoms with Crippen molar-refractivity contribution in [1.82, 2.24) is 0 Å². The van der Waals surface area contributed by atoms with Gasteiger partial charge in [0.15, 0.2) is 17.6 Å². The van der Waals surface area contributed by atoms with Crippen molar-refractivity contribution in [1.29, 1.82) is 0 Å². The fourth-order valence-electron chi connectivity index (χ4n) is 2.42. The van der Waals surface area contributed by atoms with E-state index < -0.39 is 24.5 Å². The van der Waals surface area contributed by atoms with Gasteiger partial charge < -0.3 is 18.9 Å². The minimum Gasteiger partial charge on any atom is -0.493 e. The zero-order valence-corrected chi connectivity index (χ0v) is 16.1. The van der Waals surface area contributed by atoms with Gasteiger partial charge in [0.1, 0.15) is 5.75 Å². The van der Waals surface area contributed by atoms with Gasteiger partial charge in [-0.3, -0.25) is 4.79 Å². The molecule has 0 N–H and O–H groups in total. The maximum Gasteiger partial charge on any atom is 0.387 e. The molecule has 0 spiro atoms. The van der Waals surface area contributed by atoms with Crippen molar-refractivity contribution in [3.63, 3.8) is 0 Å². The number of Topliss-reactive ketones (excluding diaryl/α,β-unsaturated/α-hetero) is 1. The molecule has 6 nitrogen and oxygen atoms in total. The van der Waals surface area contributed by atoms with Crippen molar-refractivity contribution in [2.75, 3.05) is 14.2 Å². The quantitative estimate of drug-likeness (QED) is 0.354. The Morgan fingerprint density at radius 2 is 1.62 bits per heavy atom. The Morgan fingerprint density at radius 3 is 2.21 bits per heavy atom. The first kappa shape index (κ1) is 21.9. The van der Waals surface area contributed by atoms with Crippen LogP contribution in [0.4, 0.5) is 8.78 Å². The molecule has 0 fully saturated rings. The van der Waals surface area contributed by atoms with Crippen LogP contribution in [0.1, 0.15) is 22.8 Å². The van der Waals surface area contributed by atoms with Crippen molar-refractivity contribution in [2.24, 2.45) is 0 Å². The van der Waals surface area contributed by atoms with Crippen molar-refractivity contribution in [3.8, 4) is 17.2 Å². The third kappa shape index (κ3) is 6.31. The first-order valence-corrected chi connectivity index (χ1v) is 8.54. The first-order valence-electron chi connectivity index (χ1n) is 8.54. The van der Waals surface area contributed by atoms with E-state index >= 15 is 0 Å². The lowest BCUT2D eigenvalue weighted by Gasteiger charge is -2.11. The van der Waals surface area contributed by atoms with E-state index in [4.69, 9.17) is 14.2 Å². The average Bonchev–Trinajstić information content (AvgIpc) is 2.71. The Bertz CT molecular complexity index is 877. The normalized spacial score (nSPS) is 11.9. The topological polar surface area (TPSA) is 71.1 Å². The van der Waals surface area contributed by atoms with Gasteiger partial charge in [-0.05, 0) is 55.0 Å². The molecule has 0 aliphatic rings. The summed E-state index contributed by atoms with van der Waals surface area (Å²) < 4.78 is 44.0. The smallest absolute Gasteiger partial charge is 0.387 e. The van der Waals surface area contributed by atoms with E-state index in [0.717, 1.165) is 0 Å². The lowest BCUT2D eigenvalue weighted by molar-refractivity contribution is -0.140. The molecule has 2 aromatic rings. The molecule has 0 radical (unpaired) electrons. The molecule has 0 saturated carbocycles. The Morgan fingerprint density at radius 1 is 0.966 bits per heavy atom. The van der Waals surface area contributed by atoms with Crippen molar-refractivity contribution in [2.45, 2.75) is 19.6 Å². The summed E-state index contributed by atoms with van der Waals surface area (Å²) in [5.41, 5.74) is 0.879. The Hall–Kier alpha value is -3.42. The largest absolute Gasteiger partial charge is 0.493 e.